The first kappa shape index (κ1) is 15.5. The molecule has 1 rings (SSSR count). The smallest absolute Gasteiger partial charge is 0.224 e. The molecule has 0 radical (unpaired) electrons. The molecule has 0 aliphatic rings. The molecule has 1 amide bonds. The van der Waals surface area contributed by atoms with Crippen LogP contribution in [-0.2, 0) is 16.0 Å². The van der Waals surface area contributed by atoms with Gasteiger partial charge >= 0.3 is 0 Å². The van der Waals surface area contributed by atoms with E-state index in [0.717, 1.165) is 16.9 Å². The third-order valence-corrected chi connectivity index (χ3v) is 2.64. The van der Waals surface area contributed by atoms with E-state index in [0.29, 0.717) is 26.2 Å². The largest absolute Gasteiger partial charge is 0.496 e. The number of ether oxygens (including phenoxy) is 2. The Kier molecular flexibility index (Phi) is 6.92. The van der Waals surface area contributed by atoms with Gasteiger partial charge < -0.3 is 19.9 Å². The van der Waals surface area contributed by atoms with Gasteiger partial charge in [0.05, 0.1) is 33.4 Å². The number of hydrogen-bond acceptors (Lipinski definition) is 4. The molecule has 5 nitrogen and oxygen atoms in total. The van der Waals surface area contributed by atoms with E-state index in [4.69, 9.17) is 14.6 Å². The van der Waals surface area contributed by atoms with E-state index < -0.39 is 0 Å². The number of aryl methyl sites for hydroxylation is 1. The number of nitrogens with one attached hydrogen (secondary N) is 1. The summed E-state index contributed by atoms with van der Waals surface area (Å²) in [6.07, 6.45) is 0.316. The molecule has 0 spiro atoms. The van der Waals surface area contributed by atoms with Crippen LogP contribution >= 0.6 is 0 Å². The average Bonchev–Trinajstić information content (AvgIpc) is 2.40. The Hall–Kier alpha value is -1.59. The Balaban J connectivity index is 2.35. The summed E-state index contributed by atoms with van der Waals surface area (Å²) >= 11 is 0. The van der Waals surface area contributed by atoms with Crippen LogP contribution in [-0.4, -0.2) is 44.5 Å². The molecule has 0 aliphatic heterocycles. The zero-order valence-corrected chi connectivity index (χ0v) is 11.4. The van der Waals surface area contributed by atoms with Gasteiger partial charge in [0.1, 0.15) is 5.75 Å². The Morgan fingerprint density at radius 2 is 2.16 bits per heavy atom. The molecule has 106 valence electrons. The molecule has 0 saturated heterocycles. The minimum absolute atomic E-state index is 0.00287. The number of carbonyl (C=O) groups excluding carboxylic acids is 1. The van der Waals surface area contributed by atoms with E-state index in [1.165, 1.54) is 0 Å². The molecule has 0 bridgehead atoms. The Morgan fingerprint density at radius 1 is 1.37 bits per heavy atom. The highest BCUT2D eigenvalue weighted by Gasteiger charge is 2.05. The molecule has 0 saturated carbocycles. The Bertz CT molecular complexity index is 406. The number of hydrogen-bond donors (Lipinski definition) is 2. The lowest BCUT2D eigenvalue weighted by atomic mass is 10.1. The number of aliphatic hydroxyl groups is 1. The van der Waals surface area contributed by atoms with Crippen molar-refractivity contribution < 1.29 is 19.4 Å². The first-order chi connectivity index (χ1) is 9.17. The van der Waals surface area contributed by atoms with E-state index in [1.807, 2.05) is 25.1 Å². The Labute approximate surface area is 113 Å². The van der Waals surface area contributed by atoms with Crippen molar-refractivity contribution in [2.24, 2.45) is 0 Å². The van der Waals surface area contributed by atoms with Crippen molar-refractivity contribution in [2.45, 2.75) is 13.3 Å². The van der Waals surface area contributed by atoms with Gasteiger partial charge in [0.25, 0.3) is 0 Å². The van der Waals surface area contributed by atoms with Crippen LogP contribution in [0.4, 0.5) is 0 Å². The SMILES string of the molecule is COc1cc(CC(=O)NCCOCCO)ccc1C. The highest BCUT2D eigenvalue weighted by atomic mass is 16.5. The van der Waals surface area contributed by atoms with Gasteiger partial charge in [-0.3, -0.25) is 4.79 Å². The van der Waals surface area contributed by atoms with E-state index >= 15 is 0 Å². The van der Waals surface area contributed by atoms with Gasteiger partial charge in [-0.15, -0.1) is 0 Å². The van der Waals surface area contributed by atoms with Crippen molar-refractivity contribution in [2.75, 3.05) is 33.5 Å². The molecule has 5 heteroatoms. The molecule has 0 fully saturated rings. The fourth-order valence-electron chi connectivity index (χ4n) is 1.65. The highest BCUT2D eigenvalue weighted by Crippen LogP contribution is 2.19. The van der Waals surface area contributed by atoms with Gasteiger partial charge in [-0.25, -0.2) is 0 Å². The number of amides is 1. The summed E-state index contributed by atoms with van der Waals surface area (Å²) in [6, 6.07) is 5.72. The average molecular weight is 267 g/mol. The summed E-state index contributed by atoms with van der Waals surface area (Å²) in [7, 11) is 1.62. The minimum atomic E-state index is -0.0569. The molecule has 19 heavy (non-hydrogen) atoms. The van der Waals surface area contributed by atoms with Gasteiger partial charge in [0.15, 0.2) is 0 Å². The molecule has 2 N–H and O–H groups in total. The van der Waals surface area contributed by atoms with E-state index in [2.05, 4.69) is 5.32 Å². The number of rotatable bonds is 8. The molecule has 0 aromatic heterocycles. The fraction of sp³-hybridized carbons (Fsp3) is 0.500. The van der Waals surface area contributed by atoms with Crippen LogP contribution in [0.1, 0.15) is 11.1 Å². The first-order valence-electron chi connectivity index (χ1n) is 6.26. The van der Waals surface area contributed by atoms with Crippen molar-refractivity contribution >= 4 is 5.91 Å². The number of carbonyl (C=O) groups is 1. The van der Waals surface area contributed by atoms with Crippen molar-refractivity contribution in [1.82, 2.24) is 5.32 Å². The van der Waals surface area contributed by atoms with Crippen molar-refractivity contribution in [1.29, 1.82) is 0 Å². The van der Waals surface area contributed by atoms with Gasteiger partial charge in [0.2, 0.25) is 5.91 Å². The predicted molar refractivity (Wildman–Crippen MR) is 72.3 cm³/mol. The molecular formula is C14H21NO4. The van der Waals surface area contributed by atoms with Gasteiger partial charge in [-0.2, -0.15) is 0 Å². The summed E-state index contributed by atoms with van der Waals surface area (Å²) in [4.78, 5) is 11.7. The summed E-state index contributed by atoms with van der Waals surface area (Å²) < 4.78 is 10.3. The molecule has 0 atom stereocenters. The van der Waals surface area contributed by atoms with Crippen LogP contribution in [0.3, 0.4) is 0 Å². The number of methoxy groups -OCH3 is 1. The normalized spacial score (nSPS) is 10.3. The minimum Gasteiger partial charge on any atom is -0.496 e. The molecule has 0 aliphatic carbocycles. The Morgan fingerprint density at radius 3 is 2.84 bits per heavy atom. The molecule has 0 unspecified atom stereocenters. The van der Waals surface area contributed by atoms with E-state index in [-0.39, 0.29) is 12.5 Å². The van der Waals surface area contributed by atoms with Crippen molar-refractivity contribution in [3.05, 3.63) is 29.3 Å². The van der Waals surface area contributed by atoms with Gasteiger partial charge in [-0.05, 0) is 24.1 Å². The van der Waals surface area contributed by atoms with Crippen LogP contribution in [0.15, 0.2) is 18.2 Å². The highest BCUT2D eigenvalue weighted by molar-refractivity contribution is 5.78. The van der Waals surface area contributed by atoms with E-state index in [9.17, 15) is 4.79 Å². The lowest BCUT2D eigenvalue weighted by Gasteiger charge is -2.08. The van der Waals surface area contributed by atoms with Crippen LogP contribution in [0.25, 0.3) is 0 Å². The standard InChI is InChI=1S/C14H21NO4/c1-11-3-4-12(9-13(11)18-2)10-14(17)15-5-7-19-8-6-16/h3-4,9,16H,5-8,10H2,1-2H3,(H,15,17). The third-order valence-electron chi connectivity index (χ3n) is 2.64. The number of aliphatic hydroxyl groups excluding tert-OH is 1. The topological polar surface area (TPSA) is 67.8 Å². The van der Waals surface area contributed by atoms with E-state index in [1.54, 1.807) is 7.11 Å². The lowest BCUT2D eigenvalue weighted by Crippen LogP contribution is -2.28. The summed E-state index contributed by atoms with van der Waals surface area (Å²) in [6.45, 7) is 3.11. The second-order valence-electron chi connectivity index (χ2n) is 4.17. The second-order valence-corrected chi connectivity index (χ2v) is 4.17. The number of benzene rings is 1. The van der Waals surface area contributed by atoms with Gasteiger partial charge in [0, 0.05) is 6.54 Å². The third kappa shape index (κ3) is 5.72. The summed E-state index contributed by atoms with van der Waals surface area (Å²) in [5.41, 5.74) is 1.96. The van der Waals surface area contributed by atoms with Crippen LogP contribution in [0.2, 0.25) is 0 Å². The molecular weight excluding hydrogens is 246 g/mol. The zero-order valence-electron chi connectivity index (χ0n) is 11.4. The monoisotopic (exact) mass is 267 g/mol. The maximum atomic E-state index is 11.7. The van der Waals surface area contributed by atoms with Crippen LogP contribution in [0, 0.1) is 6.92 Å². The van der Waals surface area contributed by atoms with Crippen LogP contribution in [0.5, 0.6) is 5.75 Å². The van der Waals surface area contributed by atoms with Crippen LogP contribution < -0.4 is 10.1 Å². The maximum absolute atomic E-state index is 11.7. The predicted octanol–water partition coefficient (Wildman–Crippen LogP) is 0.671. The first-order valence-corrected chi connectivity index (χ1v) is 6.26. The summed E-state index contributed by atoms with van der Waals surface area (Å²) in [5, 5.41) is 11.3. The molecule has 1 aromatic rings. The van der Waals surface area contributed by atoms with Crippen molar-refractivity contribution in [3.63, 3.8) is 0 Å². The van der Waals surface area contributed by atoms with Crippen molar-refractivity contribution in [3.8, 4) is 5.75 Å². The fourth-order valence-corrected chi connectivity index (χ4v) is 1.65. The molecule has 0 heterocycles. The maximum Gasteiger partial charge on any atom is 0.224 e. The molecule has 1 aromatic carbocycles. The second kappa shape index (κ2) is 8.50. The lowest BCUT2D eigenvalue weighted by molar-refractivity contribution is -0.120. The summed E-state index contributed by atoms with van der Waals surface area (Å²) in [5.74, 6) is 0.732. The van der Waals surface area contributed by atoms with Gasteiger partial charge in [-0.1, -0.05) is 12.1 Å². The zero-order chi connectivity index (χ0) is 14.1. The quantitative estimate of drug-likeness (QED) is 0.679.